The van der Waals surface area contributed by atoms with Crippen LogP contribution in [0.1, 0.15) is 29.3 Å². The highest BCUT2D eigenvalue weighted by atomic mass is 16.7. The minimum absolute atomic E-state index is 0.276. The van der Waals surface area contributed by atoms with Gasteiger partial charge in [-0.05, 0) is 38.5 Å². The average Bonchev–Trinajstić information content (AvgIpc) is 3.13. The summed E-state index contributed by atoms with van der Waals surface area (Å²) >= 11 is 0. The number of benzene rings is 1. The molecule has 0 radical (unpaired) electrons. The molecule has 7 nitrogen and oxygen atoms in total. The average molecular weight is 370 g/mol. The third-order valence-electron chi connectivity index (χ3n) is 4.37. The number of rotatable bonds is 6. The predicted molar refractivity (Wildman–Crippen MR) is 104 cm³/mol. The van der Waals surface area contributed by atoms with Crippen molar-refractivity contribution in [3.8, 4) is 17.2 Å². The Morgan fingerprint density at radius 2 is 2.04 bits per heavy atom. The van der Waals surface area contributed by atoms with Crippen LogP contribution in [0.2, 0.25) is 0 Å². The van der Waals surface area contributed by atoms with Gasteiger partial charge in [-0.15, -0.1) is 0 Å². The van der Waals surface area contributed by atoms with Gasteiger partial charge in [0.1, 0.15) is 5.75 Å². The molecule has 0 unspecified atom stereocenters. The number of nitrogens with zero attached hydrogens (tertiary/aromatic N) is 2. The maximum Gasteiger partial charge on any atom is 0.231 e. The Hall–Kier alpha value is -2.96. The van der Waals surface area contributed by atoms with Crippen LogP contribution in [0.25, 0.3) is 0 Å². The van der Waals surface area contributed by atoms with Crippen LogP contribution in [0.4, 0.5) is 0 Å². The van der Waals surface area contributed by atoms with Crippen molar-refractivity contribution in [1.82, 2.24) is 15.6 Å². The summed E-state index contributed by atoms with van der Waals surface area (Å²) in [4.78, 5) is 9.17. The molecule has 0 aliphatic carbocycles. The van der Waals surface area contributed by atoms with Gasteiger partial charge < -0.3 is 24.8 Å². The molecule has 0 amide bonds. The second-order valence-corrected chi connectivity index (χ2v) is 6.28. The summed E-state index contributed by atoms with van der Waals surface area (Å²) in [5.74, 6) is 3.16. The molecule has 2 N–H and O–H groups in total. The Morgan fingerprint density at radius 1 is 1.22 bits per heavy atom. The number of aryl methyl sites for hydroxylation is 1. The standard InChI is InChI=1S/C20H26N4O3/c1-5-21-20(23-10-15-6-7-17-18(8-15)27-12-26-17)24-11-16-14(3)19(25-4)13(2)9-22-16/h6-9H,5,10-12H2,1-4H3,(H2,21,23,24). The number of methoxy groups -OCH3 is 1. The molecule has 2 aromatic rings. The van der Waals surface area contributed by atoms with E-state index < -0.39 is 0 Å². The second-order valence-electron chi connectivity index (χ2n) is 6.28. The van der Waals surface area contributed by atoms with Crippen LogP contribution in [0.3, 0.4) is 0 Å². The molecular weight excluding hydrogens is 344 g/mol. The number of aromatic nitrogens is 1. The lowest BCUT2D eigenvalue weighted by molar-refractivity contribution is 0.174. The Balaban J connectivity index is 1.68. The molecule has 0 saturated heterocycles. The van der Waals surface area contributed by atoms with Crippen molar-refractivity contribution < 1.29 is 14.2 Å². The van der Waals surface area contributed by atoms with E-state index in [1.807, 2.05) is 45.2 Å². The summed E-state index contributed by atoms with van der Waals surface area (Å²) in [7, 11) is 1.68. The summed E-state index contributed by atoms with van der Waals surface area (Å²) in [5.41, 5.74) is 4.06. The Bertz CT molecular complexity index is 836. The molecule has 1 aliphatic heterocycles. The Kier molecular flexibility index (Phi) is 6.01. The van der Waals surface area contributed by atoms with Gasteiger partial charge in [0.25, 0.3) is 0 Å². The zero-order valence-electron chi connectivity index (χ0n) is 16.3. The summed E-state index contributed by atoms with van der Waals surface area (Å²) in [5, 5.41) is 6.59. The first-order chi connectivity index (χ1) is 13.1. The molecule has 0 atom stereocenters. The molecule has 144 valence electrons. The fraction of sp³-hybridized carbons (Fsp3) is 0.400. The van der Waals surface area contributed by atoms with Gasteiger partial charge in [-0.1, -0.05) is 6.07 Å². The topological polar surface area (TPSA) is 77.0 Å². The number of fused-ring (bicyclic) bond motifs is 1. The second kappa shape index (κ2) is 8.62. The first kappa shape index (κ1) is 18.8. The molecular formula is C20H26N4O3. The van der Waals surface area contributed by atoms with Gasteiger partial charge in [-0.25, -0.2) is 4.99 Å². The Labute approximate surface area is 159 Å². The van der Waals surface area contributed by atoms with E-state index in [4.69, 9.17) is 14.2 Å². The number of hydrogen-bond donors (Lipinski definition) is 2. The van der Waals surface area contributed by atoms with Gasteiger partial charge in [-0.2, -0.15) is 0 Å². The van der Waals surface area contributed by atoms with Crippen LogP contribution in [0.15, 0.2) is 29.4 Å². The van der Waals surface area contributed by atoms with Gasteiger partial charge in [0.05, 0.1) is 25.9 Å². The SMILES string of the molecule is CCNC(=NCc1ccc2c(c1)OCO2)NCc1ncc(C)c(OC)c1C. The van der Waals surface area contributed by atoms with E-state index >= 15 is 0 Å². The van der Waals surface area contributed by atoms with Gasteiger partial charge >= 0.3 is 0 Å². The van der Waals surface area contributed by atoms with Gasteiger partial charge in [-0.3, -0.25) is 4.98 Å². The maximum atomic E-state index is 5.48. The number of hydrogen-bond acceptors (Lipinski definition) is 5. The third-order valence-corrected chi connectivity index (χ3v) is 4.37. The fourth-order valence-corrected chi connectivity index (χ4v) is 2.97. The monoisotopic (exact) mass is 370 g/mol. The van der Waals surface area contributed by atoms with Crippen molar-refractivity contribution in [3.63, 3.8) is 0 Å². The molecule has 27 heavy (non-hydrogen) atoms. The highest BCUT2D eigenvalue weighted by molar-refractivity contribution is 5.79. The van der Waals surface area contributed by atoms with Crippen molar-refractivity contribution >= 4 is 5.96 Å². The summed E-state index contributed by atoms with van der Waals surface area (Å²) in [6.45, 7) is 8.20. The molecule has 0 saturated carbocycles. The Morgan fingerprint density at radius 3 is 2.81 bits per heavy atom. The molecule has 2 heterocycles. The number of nitrogens with one attached hydrogen (secondary N) is 2. The van der Waals surface area contributed by atoms with Crippen LogP contribution in [-0.2, 0) is 13.1 Å². The molecule has 1 aromatic carbocycles. The highest BCUT2D eigenvalue weighted by Gasteiger charge is 2.13. The largest absolute Gasteiger partial charge is 0.496 e. The number of ether oxygens (including phenoxy) is 3. The van der Waals surface area contributed by atoms with Crippen molar-refractivity contribution in [2.24, 2.45) is 4.99 Å². The van der Waals surface area contributed by atoms with E-state index in [-0.39, 0.29) is 6.79 Å². The van der Waals surface area contributed by atoms with E-state index in [9.17, 15) is 0 Å². The van der Waals surface area contributed by atoms with Crippen molar-refractivity contribution in [2.45, 2.75) is 33.9 Å². The van der Waals surface area contributed by atoms with Gasteiger partial charge in [0.15, 0.2) is 17.5 Å². The van der Waals surface area contributed by atoms with Crippen LogP contribution in [0.5, 0.6) is 17.2 Å². The van der Waals surface area contributed by atoms with Crippen LogP contribution >= 0.6 is 0 Å². The normalized spacial score (nSPS) is 12.8. The van der Waals surface area contributed by atoms with E-state index in [0.717, 1.165) is 52.1 Å². The summed E-state index contributed by atoms with van der Waals surface area (Å²) in [6, 6.07) is 5.88. The molecule has 1 aliphatic rings. The van der Waals surface area contributed by atoms with E-state index in [1.54, 1.807) is 7.11 Å². The zero-order valence-corrected chi connectivity index (χ0v) is 16.3. The van der Waals surface area contributed by atoms with Crippen LogP contribution in [-0.4, -0.2) is 31.4 Å². The van der Waals surface area contributed by atoms with Crippen molar-refractivity contribution in [3.05, 3.63) is 46.8 Å². The number of guanidine groups is 1. The summed E-state index contributed by atoms with van der Waals surface area (Å²) in [6.07, 6.45) is 1.83. The lowest BCUT2D eigenvalue weighted by Crippen LogP contribution is -2.37. The fourth-order valence-electron chi connectivity index (χ4n) is 2.97. The van der Waals surface area contributed by atoms with E-state index in [0.29, 0.717) is 13.1 Å². The lowest BCUT2D eigenvalue weighted by atomic mass is 10.1. The minimum atomic E-state index is 0.276. The molecule has 7 heteroatoms. The van der Waals surface area contributed by atoms with Gasteiger partial charge in [0, 0.05) is 23.9 Å². The van der Waals surface area contributed by atoms with Gasteiger partial charge in [0.2, 0.25) is 6.79 Å². The molecule has 0 fully saturated rings. The first-order valence-corrected chi connectivity index (χ1v) is 9.02. The predicted octanol–water partition coefficient (Wildman–Crippen LogP) is 2.69. The number of aliphatic imine (C=N–C) groups is 1. The molecule has 0 bridgehead atoms. The van der Waals surface area contributed by atoms with E-state index in [2.05, 4.69) is 20.6 Å². The first-order valence-electron chi connectivity index (χ1n) is 9.02. The zero-order chi connectivity index (χ0) is 19.2. The lowest BCUT2D eigenvalue weighted by Gasteiger charge is -2.15. The van der Waals surface area contributed by atoms with Crippen molar-refractivity contribution in [1.29, 1.82) is 0 Å². The quantitative estimate of drug-likeness (QED) is 0.601. The summed E-state index contributed by atoms with van der Waals surface area (Å²) < 4.78 is 16.2. The van der Waals surface area contributed by atoms with E-state index in [1.165, 1.54) is 0 Å². The third kappa shape index (κ3) is 4.42. The smallest absolute Gasteiger partial charge is 0.231 e. The molecule has 0 spiro atoms. The highest BCUT2D eigenvalue weighted by Crippen LogP contribution is 2.32. The number of pyridine rings is 1. The molecule has 3 rings (SSSR count). The molecule has 1 aromatic heterocycles. The van der Waals surface area contributed by atoms with Crippen LogP contribution in [0, 0.1) is 13.8 Å². The maximum absolute atomic E-state index is 5.48. The van der Waals surface area contributed by atoms with Crippen LogP contribution < -0.4 is 24.8 Å². The minimum Gasteiger partial charge on any atom is -0.496 e. The van der Waals surface area contributed by atoms with Crippen molar-refractivity contribution in [2.75, 3.05) is 20.4 Å².